The zero-order valence-corrected chi connectivity index (χ0v) is 15.1. The van der Waals surface area contributed by atoms with Gasteiger partial charge in [-0.3, -0.25) is 9.78 Å². The fourth-order valence-corrected chi connectivity index (χ4v) is 3.61. The van der Waals surface area contributed by atoms with E-state index in [1.165, 1.54) is 24.5 Å². The lowest BCUT2D eigenvalue weighted by Gasteiger charge is -2.31. The highest BCUT2D eigenvalue weighted by molar-refractivity contribution is 6.36. The van der Waals surface area contributed by atoms with Crippen molar-refractivity contribution in [1.82, 2.24) is 4.98 Å². The molecule has 6 nitrogen and oxygen atoms in total. The van der Waals surface area contributed by atoms with E-state index >= 15 is 0 Å². The van der Waals surface area contributed by atoms with E-state index < -0.39 is 5.79 Å². The Bertz CT molecular complexity index is 860. The highest BCUT2D eigenvalue weighted by Gasteiger charge is 2.45. The van der Waals surface area contributed by atoms with Gasteiger partial charge in [-0.1, -0.05) is 23.2 Å². The molecule has 0 bridgehead atoms. The summed E-state index contributed by atoms with van der Waals surface area (Å²) in [5.74, 6) is -0.785. The molecule has 2 aromatic rings. The molecule has 3 heterocycles. The van der Waals surface area contributed by atoms with Gasteiger partial charge in [-0.15, -0.1) is 0 Å². The van der Waals surface area contributed by atoms with Crippen LogP contribution >= 0.6 is 23.2 Å². The van der Waals surface area contributed by atoms with E-state index in [0.717, 1.165) is 0 Å². The van der Waals surface area contributed by atoms with Crippen LogP contribution in [0.25, 0.3) is 0 Å². The molecule has 8 heteroatoms. The molecule has 1 spiro atoms. The van der Waals surface area contributed by atoms with Gasteiger partial charge in [-0.2, -0.15) is 0 Å². The summed E-state index contributed by atoms with van der Waals surface area (Å²) in [4.78, 5) is 16.8. The molecular formula is C18H15Cl2NO5. The Morgan fingerprint density at radius 3 is 2.46 bits per heavy atom. The Labute approximate surface area is 159 Å². The third kappa shape index (κ3) is 2.98. The number of rotatable bonds is 3. The third-order valence-electron chi connectivity index (χ3n) is 4.51. The number of benzene rings is 1. The second-order valence-electron chi connectivity index (χ2n) is 6.20. The smallest absolute Gasteiger partial charge is 0.256 e. The van der Waals surface area contributed by atoms with Crippen molar-refractivity contribution in [3.05, 3.63) is 45.7 Å². The van der Waals surface area contributed by atoms with Crippen LogP contribution in [0.1, 0.15) is 28.8 Å². The van der Waals surface area contributed by atoms with Crippen molar-refractivity contribution in [3.63, 3.8) is 0 Å². The Hall–Kier alpha value is -2.02. The Kier molecular flexibility index (Phi) is 4.42. The lowest BCUT2D eigenvalue weighted by Crippen LogP contribution is -2.44. The maximum Gasteiger partial charge on any atom is 0.256 e. The number of ether oxygens (including phenoxy) is 3. The van der Waals surface area contributed by atoms with Crippen LogP contribution in [0, 0.1) is 0 Å². The molecule has 0 amide bonds. The lowest BCUT2D eigenvalue weighted by molar-refractivity contribution is -0.144. The molecule has 136 valence electrons. The van der Waals surface area contributed by atoms with Gasteiger partial charge in [-0.25, -0.2) is 0 Å². The molecule has 1 N–H and O–H groups in total. The first kappa shape index (κ1) is 17.4. The van der Waals surface area contributed by atoms with E-state index in [9.17, 15) is 9.90 Å². The second kappa shape index (κ2) is 6.61. The maximum absolute atomic E-state index is 12.9. The van der Waals surface area contributed by atoms with Gasteiger partial charge in [0, 0.05) is 37.2 Å². The van der Waals surface area contributed by atoms with Crippen molar-refractivity contribution in [2.45, 2.75) is 25.0 Å². The van der Waals surface area contributed by atoms with E-state index in [2.05, 4.69) is 4.98 Å². The van der Waals surface area contributed by atoms with Gasteiger partial charge in [-0.05, 0) is 12.1 Å². The lowest BCUT2D eigenvalue weighted by atomic mass is 10.0. The number of Topliss-reactive ketones (excluding diaryl/α,β-unsaturated/α-hetero) is 1. The summed E-state index contributed by atoms with van der Waals surface area (Å²) in [6, 6.07) is 2.94. The molecule has 26 heavy (non-hydrogen) atoms. The van der Waals surface area contributed by atoms with Crippen LogP contribution in [-0.4, -0.2) is 34.9 Å². The zero-order valence-electron chi connectivity index (χ0n) is 13.6. The largest absolute Gasteiger partial charge is 0.504 e. The van der Waals surface area contributed by atoms with Crippen molar-refractivity contribution in [3.8, 4) is 17.2 Å². The maximum atomic E-state index is 12.9. The van der Waals surface area contributed by atoms with Gasteiger partial charge in [0.15, 0.2) is 17.3 Å². The molecule has 0 unspecified atom stereocenters. The summed E-state index contributed by atoms with van der Waals surface area (Å²) in [5, 5.41) is 10.8. The average Bonchev–Trinajstić information content (AvgIpc) is 2.98. The van der Waals surface area contributed by atoms with Gasteiger partial charge < -0.3 is 19.3 Å². The molecule has 0 atom stereocenters. The number of aromatic nitrogens is 1. The van der Waals surface area contributed by atoms with Crippen LogP contribution in [-0.2, 0) is 11.2 Å². The number of phenols is 1. The highest BCUT2D eigenvalue weighted by atomic mass is 35.5. The van der Waals surface area contributed by atoms with E-state index in [-0.39, 0.29) is 29.5 Å². The van der Waals surface area contributed by atoms with Crippen LogP contribution in [0.4, 0.5) is 0 Å². The molecule has 0 saturated carbocycles. The number of ketones is 1. The summed E-state index contributed by atoms with van der Waals surface area (Å²) in [6.45, 7) is 0.973. The Morgan fingerprint density at radius 1 is 1.12 bits per heavy atom. The standard InChI is InChI=1S/C18H15Cl2NO5/c19-12-8-21-9-13(20)11(12)7-15(23)10-1-2-14(22)17-16(10)25-18(26-17)3-5-24-6-4-18/h1-2,8-9,22H,3-7H2. The zero-order chi connectivity index (χ0) is 18.3. The SMILES string of the molecule is O=C(Cc1c(Cl)cncc1Cl)c1ccc(O)c2c1OC1(CCOCC1)O2. The fourth-order valence-electron chi connectivity index (χ4n) is 3.11. The summed E-state index contributed by atoms with van der Waals surface area (Å²) in [6.07, 6.45) is 3.88. The van der Waals surface area contributed by atoms with Crippen LogP contribution in [0.2, 0.25) is 10.0 Å². The van der Waals surface area contributed by atoms with Crippen LogP contribution in [0.5, 0.6) is 17.2 Å². The third-order valence-corrected chi connectivity index (χ3v) is 5.16. The molecule has 1 aromatic carbocycles. The van der Waals surface area contributed by atoms with Crippen LogP contribution in [0.15, 0.2) is 24.5 Å². The van der Waals surface area contributed by atoms with E-state index in [1.807, 2.05) is 0 Å². The molecule has 4 rings (SSSR count). The fraction of sp³-hybridized carbons (Fsp3) is 0.333. The molecule has 1 fully saturated rings. The normalized spacial score (nSPS) is 17.5. The molecule has 0 radical (unpaired) electrons. The van der Waals surface area contributed by atoms with Crippen molar-refractivity contribution < 1.29 is 24.1 Å². The minimum Gasteiger partial charge on any atom is -0.504 e. The predicted molar refractivity (Wildman–Crippen MR) is 94.4 cm³/mol. The summed E-state index contributed by atoms with van der Waals surface area (Å²) in [5.41, 5.74) is 0.806. The van der Waals surface area contributed by atoms with Crippen molar-refractivity contribution in [2.75, 3.05) is 13.2 Å². The minimum absolute atomic E-state index is 0.0170. The number of phenolic OH excluding ortho intramolecular Hbond substituents is 1. The minimum atomic E-state index is -0.902. The molecule has 2 aliphatic heterocycles. The number of hydrogen-bond donors (Lipinski definition) is 1. The summed E-state index contributed by atoms with van der Waals surface area (Å²) < 4.78 is 17.2. The highest BCUT2D eigenvalue weighted by Crippen LogP contribution is 2.50. The first-order valence-corrected chi connectivity index (χ1v) is 8.87. The van der Waals surface area contributed by atoms with Gasteiger partial charge in [0.2, 0.25) is 5.75 Å². The Balaban J connectivity index is 1.67. The first-order valence-electron chi connectivity index (χ1n) is 8.12. The number of aromatic hydroxyl groups is 1. The van der Waals surface area contributed by atoms with Crippen LogP contribution in [0.3, 0.4) is 0 Å². The summed E-state index contributed by atoms with van der Waals surface area (Å²) >= 11 is 12.2. The number of hydrogen-bond acceptors (Lipinski definition) is 6. The number of carbonyl (C=O) groups excluding carboxylic acids is 1. The molecule has 0 aliphatic carbocycles. The number of halogens is 2. The van der Waals surface area contributed by atoms with E-state index in [4.69, 9.17) is 37.4 Å². The number of pyridine rings is 1. The summed E-state index contributed by atoms with van der Waals surface area (Å²) in [7, 11) is 0. The predicted octanol–water partition coefficient (Wildman–Crippen LogP) is 3.80. The number of carbonyl (C=O) groups is 1. The molecule has 1 saturated heterocycles. The number of nitrogens with zero attached hydrogens (tertiary/aromatic N) is 1. The average molecular weight is 396 g/mol. The van der Waals surface area contributed by atoms with Crippen molar-refractivity contribution in [2.24, 2.45) is 0 Å². The topological polar surface area (TPSA) is 77.9 Å². The molecule has 1 aromatic heterocycles. The Morgan fingerprint density at radius 2 is 1.77 bits per heavy atom. The second-order valence-corrected chi connectivity index (χ2v) is 7.01. The van der Waals surface area contributed by atoms with Crippen LogP contribution < -0.4 is 9.47 Å². The van der Waals surface area contributed by atoms with Crippen molar-refractivity contribution >= 4 is 29.0 Å². The number of fused-ring (bicyclic) bond motifs is 1. The molecular weight excluding hydrogens is 381 g/mol. The van der Waals surface area contributed by atoms with E-state index in [0.29, 0.717) is 47.2 Å². The first-order chi connectivity index (χ1) is 12.5. The quantitative estimate of drug-likeness (QED) is 0.796. The van der Waals surface area contributed by atoms with Crippen molar-refractivity contribution in [1.29, 1.82) is 0 Å². The van der Waals surface area contributed by atoms with Gasteiger partial charge in [0.1, 0.15) is 0 Å². The monoisotopic (exact) mass is 395 g/mol. The van der Waals surface area contributed by atoms with Gasteiger partial charge in [0.25, 0.3) is 5.79 Å². The van der Waals surface area contributed by atoms with E-state index in [1.54, 1.807) is 0 Å². The molecule has 2 aliphatic rings. The van der Waals surface area contributed by atoms with Gasteiger partial charge in [0.05, 0.1) is 28.8 Å². The van der Waals surface area contributed by atoms with Gasteiger partial charge >= 0.3 is 0 Å².